The molecule has 1 N–H and O–H groups in total. The van der Waals surface area contributed by atoms with Crippen LogP contribution in [0.25, 0.3) is 0 Å². The maximum absolute atomic E-state index is 12.7. The summed E-state index contributed by atoms with van der Waals surface area (Å²) < 4.78 is 6.58. The standard InChI is InChI=1S/C17H15BrN2O2/c18-13-5-1-3-10-6-7-14(15(10)13)20-16(21)12-9-22-17-11(12)4-2-8-19-17/h1-5,8,12,14H,6-7,9H2,(H,20,21)/t12-,14-/m1/s1. The van der Waals surface area contributed by atoms with Crippen molar-refractivity contribution in [1.29, 1.82) is 0 Å². The summed E-state index contributed by atoms with van der Waals surface area (Å²) in [5.74, 6) is 0.325. The number of fused-ring (bicyclic) bond motifs is 2. The summed E-state index contributed by atoms with van der Waals surface area (Å²) in [7, 11) is 0. The molecule has 2 heterocycles. The van der Waals surface area contributed by atoms with E-state index in [1.807, 2.05) is 24.3 Å². The molecule has 0 spiro atoms. The molecule has 2 aromatic rings. The molecule has 22 heavy (non-hydrogen) atoms. The van der Waals surface area contributed by atoms with Crippen molar-refractivity contribution >= 4 is 21.8 Å². The number of carbonyl (C=O) groups excluding carboxylic acids is 1. The van der Waals surface area contributed by atoms with Crippen LogP contribution in [0.5, 0.6) is 5.88 Å². The minimum atomic E-state index is -0.268. The average Bonchev–Trinajstić information content (AvgIpc) is 3.12. The maximum atomic E-state index is 12.7. The van der Waals surface area contributed by atoms with E-state index in [2.05, 4.69) is 32.3 Å². The highest BCUT2D eigenvalue weighted by Crippen LogP contribution is 2.38. The molecule has 0 unspecified atom stereocenters. The van der Waals surface area contributed by atoms with Crippen LogP contribution in [-0.2, 0) is 11.2 Å². The van der Waals surface area contributed by atoms with Gasteiger partial charge < -0.3 is 10.1 Å². The van der Waals surface area contributed by atoms with Crippen molar-refractivity contribution in [3.63, 3.8) is 0 Å². The molecule has 1 aromatic heterocycles. The maximum Gasteiger partial charge on any atom is 0.231 e. The highest BCUT2D eigenvalue weighted by atomic mass is 79.9. The van der Waals surface area contributed by atoms with Gasteiger partial charge in [0, 0.05) is 16.2 Å². The second-order valence-corrected chi connectivity index (χ2v) is 6.53. The molecule has 0 fully saturated rings. The summed E-state index contributed by atoms with van der Waals surface area (Å²) in [5, 5.41) is 3.18. The van der Waals surface area contributed by atoms with Crippen LogP contribution in [-0.4, -0.2) is 17.5 Å². The number of amides is 1. The van der Waals surface area contributed by atoms with Crippen LogP contribution in [0.3, 0.4) is 0 Å². The molecule has 1 aliphatic heterocycles. The first-order chi connectivity index (χ1) is 10.7. The van der Waals surface area contributed by atoms with E-state index in [9.17, 15) is 4.79 Å². The van der Waals surface area contributed by atoms with Crippen molar-refractivity contribution < 1.29 is 9.53 Å². The zero-order valence-corrected chi connectivity index (χ0v) is 13.5. The Kier molecular flexibility index (Phi) is 3.37. The monoisotopic (exact) mass is 358 g/mol. The van der Waals surface area contributed by atoms with Crippen LogP contribution < -0.4 is 10.1 Å². The van der Waals surface area contributed by atoms with Gasteiger partial charge in [0.1, 0.15) is 12.5 Å². The van der Waals surface area contributed by atoms with Crippen molar-refractivity contribution in [3.8, 4) is 5.88 Å². The SMILES string of the molecule is O=C(N[C@@H]1CCc2cccc(Br)c21)[C@@H]1COc2ncccc21. The summed E-state index contributed by atoms with van der Waals surface area (Å²) in [6, 6.07) is 10.0. The van der Waals surface area contributed by atoms with Gasteiger partial charge in [0.05, 0.1) is 6.04 Å². The third kappa shape index (κ3) is 2.20. The number of benzene rings is 1. The number of halogens is 1. The minimum absolute atomic E-state index is 0.0142. The summed E-state index contributed by atoms with van der Waals surface area (Å²) in [6.07, 6.45) is 3.62. The lowest BCUT2D eigenvalue weighted by atomic mass is 10.0. The molecule has 2 aliphatic rings. The van der Waals surface area contributed by atoms with E-state index in [1.54, 1.807) is 6.20 Å². The molecule has 4 rings (SSSR count). The van der Waals surface area contributed by atoms with E-state index in [1.165, 1.54) is 11.1 Å². The molecule has 4 nitrogen and oxygen atoms in total. The third-order valence-corrected chi connectivity index (χ3v) is 5.08. The normalized spacial score (nSPS) is 21.9. The number of aryl methyl sites for hydroxylation is 1. The van der Waals surface area contributed by atoms with Gasteiger partial charge in [-0.15, -0.1) is 0 Å². The van der Waals surface area contributed by atoms with Crippen LogP contribution >= 0.6 is 15.9 Å². The lowest BCUT2D eigenvalue weighted by Crippen LogP contribution is -2.32. The summed E-state index contributed by atoms with van der Waals surface area (Å²) in [4.78, 5) is 16.8. The number of nitrogens with zero attached hydrogens (tertiary/aromatic N) is 1. The van der Waals surface area contributed by atoms with E-state index in [4.69, 9.17) is 4.74 Å². The fraction of sp³-hybridized carbons (Fsp3) is 0.294. The van der Waals surface area contributed by atoms with Crippen LogP contribution in [0.4, 0.5) is 0 Å². The average molecular weight is 359 g/mol. The van der Waals surface area contributed by atoms with E-state index in [0.717, 1.165) is 22.9 Å². The van der Waals surface area contributed by atoms with E-state index >= 15 is 0 Å². The molecule has 0 radical (unpaired) electrons. The molecule has 2 atom stereocenters. The summed E-state index contributed by atoms with van der Waals surface area (Å²) >= 11 is 3.60. The lowest BCUT2D eigenvalue weighted by Gasteiger charge is -2.18. The van der Waals surface area contributed by atoms with Crippen molar-refractivity contribution in [2.75, 3.05) is 6.61 Å². The second-order valence-electron chi connectivity index (χ2n) is 5.67. The van der Waals surface area contributed by atoms with Crippen LogP contribution in [0, 0.1) is 0 Å². The van der Waals surface area contributed by atoms with Crippen molar-refractivity contribution in [2.24, 2.45) is 0 Å². The number of nitrogens with one attached hydrogen (secondary N) is 1. The third-order valence-electron chi connectivity index (χ3n) is 4.39. The molecular formula is C17H15BrN2O2. The predicted molar refractivity (Wildman–Crippen MR) is 85.8 cm³/mol. The Morgan fingerprint density at radius 1 is 1.32 bits per heavy atom. The quantitative estimate of drug-likeness (QED) is 0.897. The molecule has 0 saturated carbocycles. The van der Waals surface area contributed by atoms with E-state index in [-0.39, 0.29) is 17.9 Å². The van der Waals surface area contributed by atoms with Crippen molar-refractivity contribution in [2.45, 2.75) is 24.8 Å². The highest BCUT2D eigenvalue weighted by molar-refractivity contribution is 9.10. The van der Waals surface area contributed by atoms with Crippen LogP contribution in [0.2, 0.25) is 0 Å². The Morgan fingerprint density at radius 2 is 2.23 bits per heavy atom. The Morgan fingerprint density at radius 3 is 3.14 bits per heavy atom. The summed E-state index contributed by atoms with van der Waals surface area (Å²) in [6.45, 7) is 0.369. The van der Waals surface area contributed by atoms with Gasteiger partial charge in [0.15, 0.2) is 0 Å². The number of carbonyl (C=O) groups is 1. The molecule has 112 valence electrons. The Hall–Kier alpha value is -1.88. The molecular weight excluding hydrogens is 344 g/mol. The Labute approximate surface area is 137 Å². The van der Waals surface area contributed by atoms with Gasteiger partial charge in [-0.2, -0.15) is 0 Å². The van der Waals surface area contributed by atoms with Gasteiger partial charge in [-0.3, -0.25) is 4.79 Å². The first-order valence-electron chi connectivity index (χ1n) is 7.39. The van der Waals surface area contributed by atoms with Gasteiger partial charge in [0.2, 0.25) is 11.8 Å². The van der Waals surface area contributed by atoms with Gasteiger partial charge in [-0.05, 0) is 36.1 Å². The topological polar surface area (TPSA) is 51.2 Å². The zero-order chi connectivity index (χ0) is 15.1. The molecule has 0 bridgehead atoms. The van der Waals surface area contributed by atoms with Gasteiger partial charge >= 0.3 is 0 Å². The van der Waals surface area contributed by atoms with E-state index < -0.39 is 0 Å². The highest BCUT2D eigenvalue weighted by Gasteiger charge is 2.34. The van der Waals surface area contributed by atoms with Gasteiger partial charge in [-0.25, -0.2) is 4.98 Å². The smallest absolute Gasteiger partial charge is 0.231 e. The largest absolute Gasteiger partial charge is 0.476 e. The number of pyridine rings is 1. The number of aromatic nitrogens is 1. The van der Waals surface area contributed by atoms with Crippen molar-refractivity contribution in [1.82, 2.24) is 10.3 Å². The van der Waals surface area contributed by atoms with Crippen LogP contribution in [0.1, 0.15) is 35.1 Å². The first kappa shape index (κ1) is 13.8. The number of hydrogen-bond donors (Lipinski definition) is 1. The minimum Gasteiger partial charge on any atom is -0.476 e. The molecule has 0 saturated heterocycles. The van der Waals surface area contributed by atoms with Gasteiger partial charge in [0.25, 0.3) is 0 Å². The zero-order valence-electron chi connectivity index (χ0n) is 11.9. The molecule has 1 aliphatic carbocycles. The van der Waals surface area contributed by atoms with Crippen molar-refractivity contribution in [3.05, 3.63) is 57.7 Å². The fourth-order valence-corrected chi connectivity index (χ4v) is 3.99. The number of rotatable bonds is 2. The predicted octanol–water partition coefficient (Wildman–Crippen LogP) is 3.12. The second kappa shape index (κ2) is 5.39. The molecule has 1 amide bonds. The fourth-order valence-electron chi connectivity index (χ4n) is 3.31. The lowest BCUT2D eigenvalue weighted by molar-refractivity contribution is -0.123. The Bertz CT molecular complexity index is 747. The molecule has 5 heteroatoms. The number of ether oxygens (including phenoxy) is 1. The first-order valence-corrected chi connectivity index (χ1v) is 8.18. The van der Waals surface area contributed by atoms with Gasteiger partial charge in [-0.1, -0.05) is 34.1 Å². The molecule has 1 aromatic carbocycles. The Balaban J connectivity index is 1.56. The van der Waals surface area contributed by atoms with Crippen LogP contribution in [0.15, 0.2) is 41.0 Å². The number of hydrogen-bond acceptors (Lipinski definition) is 3. The summed E-state index contributed by atoms with van der Waals surface area (Å²) in [5.41, 5.74) is 3.40. The van der Waals surface area contributed by atoms with E-state index in [0.29, 0.717) is 12.5 Å².